The fraction of sp³-hybridized carbons (Fsp3) is 0.294. The smallest absolute Gasteiger partial charge is 0.264 e. The van der Waals surface area contributed by atoms with Gasteiger partial charge in [0.25, 0.3) is 5.56 Å². The Morgan fingerprint density at radius 1 is 1.31 bits per heavy atom. The third-order valence-electron chi connectivity index (χ3n) is 3.81. The number of carbonyl (C=O) groups excluding carboxylic acids is 1. The zero-order valence-electron chi connectivity index (χ0n) is 14.2. The van der Waals surface area contributed by atoms with Gasteiger partial charge in [0.05, 0.1) is 19.3 Å². The molecule has 0 bridgehead atoms. The van der Waals surface area contributed by atoms with Crippen LogP contribution in [0.5, 0.6) is 0 Å². The van der Waals surface area contributed by atoms with Gasteiger partial charge in [-0.05, 0) is 17.7 Å². The maximum Gasteiger partial charge on any atom is 0.264 e. The summed E-state index contributed by atoms with van der Waals surface area (Å²) >= 11 is 3.39. The van der Waals surface area contributed by atoms with E-state index in [0.717, 1.165) is 10.0 Å². The molecule has 26 heavy (non-hydrogen) atoms. The Morgan fingerprint density at radius 3 is 2.81 bits per heavy atom. The molecule has 3 aromatic rings. The Morgan fingerprint density at radius 2 is 2.08 bits per heavy atom. The first-order chi connectivity index (χ1) is 12.6. The van der Waals surface area contributed by atoms with Gasteiger partial charge in [-0.1, -0.05) is 28.1 Å². The van der Waals surface area contributed by atoms with Crippen molar-refractivity contribution in [3.63, 3.8) is 0 Å². The van der Waals surface area contributed by atoms with Gasteiger partial charge in [0.2, 0.25) is 5.91 Å². The van der Waals surface area contributed by atoms with Crippen LogP contribution >= 0.6 is 15.9 Å². The number of amides is 1. The van der Waals surface area contributed by atoms with Gasteiger partial charge in [-0.2, -0.15) is 5.10 Å². The van der Waals surface area contributed by atoms with Crippen molar-refractivity contribution in [2.75, 3.05) is 20.3 Å². The predicted molar refractivity (Wildman–Crippen MR) is 99.9 cm³/mol. The van der Waals surface area contributed by atoms with Crippen molar-refractivity contribution in [1.29, 1.82) is 0 Å². The lowest BCUT2D eigenvalue weighted by Crippen LogP contribution is -2.30. The van der Waals surface area contributed by atoms with Crippen molar-refractivity contribution < 1.29 is 9.53 Å². The first-order valence-electron chi connectivity index (χ1n) is 7.99. The first kappa shape index (κ1) is 18.3. The summed E-state index contributed by atoms with van der Waals surface area (Å²) in [4.78, 5) is 28.4. The van der Waals surface area contributed by atoms with Crippen LogP contribution < -0.4 is 10.9 Å². The predicted octanol–water partition coefficient (Wildman–Crippen LogP) is 1.17. The van der Waals surface area contributed by atoms with E-state index in [9.17, 15) is 9.59 Å². The number of ether oxygens (including phenoxy) is 1. The minimum Gasteiger partial charge on any atom is -0.375 e. The number of hydrogen-bond acceptors (Lipinski definition) is 5. The van der Waals surface area contributed by atoms with E-state index in [0.29, 0.717) is 30.7 Å². The van der Waals surface area contributed by atoms with Crippen molar-refractivity contribution in [2.45, 2.75) is 13.1 Å². The van der Waals surface area contributed by atoms with Gasteiger partial charge in [-0.25, -0.2) is 9.67 Å². The molecule has 1 amide bonds. The molecule has 0 aliphatic heterocycles. The minimum absolute atomic E-state index is 0.0128. The normalized spacial score (nSPS) is 11.0. The second-order valence-electron chi connectivity index (χ2n) is 5.69. The molecule has 2 aromatic heterocycles. The fourth-order valence-corrected chi connectivity index (χ4v) is 2.81. The van der Waals surface area contributed by atoms with Gasteiger partial charge in [0, 0.05) is 18.1 Å². The van der Waals surface area contributed by atoms with Crippen LogP contribution in [0.1, 0.15) is 5.56 Å². The van der Waals surface area contributed by atoms with Crippen LogP contribution in [0.4, 0.5) is 0 Å². The Hall–Kier alpha value is -2.52. The van der Waals surface area contributed by atoms with Crippen LogP contribution in [-0.2, 0) is 22.6 Å². The van der Waals surface area contributed by atoms with Crippen molar-refractivity contribution in [3.8, 4) is 0 Å². The van der Waals surface area contributed by atoms with Crippen molar-refractivity contribution in [3.05, 3.63) is 57.2 Å². The lowest BCUT2D eigenvalue weighted by atomic mass is 10.2. The summed E-state index contributed by atoms with van der Waals surface area (Å²) < 4.78 is 8.90. The summed E-state index contributed by atoms with van der Waals surface area (Å²) in [6.45, 7) is 1.25. The summed E-state index contributed by atoms with van der Waals surface area (Å²) in [5.74, 6) is -0.200. The number of methoxy groups -OCH3 is 1. The molecule has 1 aromatic carbocycles. The maximum absolute atomic E-state index is 12.7. The monoisotopic (exact) mass is 419 g/mol. The molecule has 0 saturated carbocycles. The van der Waals surface area contributed by atoms with E-state index in [1.165, 1.54) is 19.6 Å². The number of nitrogens with zero attached hydrogens (tertiary/aromatic N) is 4. The van der Waals surface area contributed by atoms with E-state index < -0.39 is 0 Å². The molecular formula is C17H18BrN5O3. The lowest BCUT2D eigenvalue weighted by Gasteiger charge is -2.07. The van der Waals surface area contributed by atoms with Crippen LogP contribution in [0.3, 0.4) is 0 Å². The molecule has 0 atom stereocenters. The fourth-order valence-electron chi connectivity index (χ4n) is 2.54. The molecule has 0 fully saturated rings. The van der Waals surface area contributed by atoms with E-state index in [1.54, 1.807) is 9.25 Å². The average Bonchev–Trinajstić information content (AvgIpc) is 3.03. The van der Waals surface area contributed by atoms with E-state index >= 15 is 0 Å². The van der Waals surface area contributed by atoms with Gasteiger partial charge in [-0.15, -0.1) is 0 Å². The van der Waals surface area contributed by atoms with E-state index in [-0.39, 0.29) is 18.1 Å². The summed E-state index contributed by atoms with van der Waals surface area (Å²) in [6, 6.07) is 7.77. The zero-order chi connectivity index (χ0) is 18.5. The molecule has 0 saturated heterocycles. The van der Waals surface area contributed by atoms with Crippen LogP contribution in [0.15, 0.2) is 46.1 Å². The molecule has 0 radical (unpaired) electrons. The second-order valence-corrected chi connectivity index (χ2v) is 6.61. The van der Waals surface area contributed by atoms with Gasteiger partial charge in [0.1, 0.15) is 18.3 Å². The largest absolute Gasteiger partial charge is 0.375 e. The molecule has 2 heterocycles. The summed E-state index contributed by atoms with van der Waals surface area (Å²) in [6.07, 6.45) is 3.04. The van der Waals surface area contributed by atoms with Crippen LogP contribution in [-0.4, -0.2) is 45.5 Å². The Balaban J connectivity index is 1.75. The minimum atomic E-state index is -0.200. The molecule has 136 valence electrons. The summed E-state index contributed by atoms with van der Waals surface area (Å²) in [5.41, 5.74) is 1.36. The number of nitrogens with one attached hydrogen (secondary N) is 1. The number of carbonyl (C=O) groups is 1. The van der Waals surface area contributed by atoms with Gasteiger partial charge >= 0.3 is 0 Å². The Bertz CT molecular complexity index is 965. The lowest BCUT2D eigenvalue weighted by molar-refractivity contribution is -0.124. The number of fused-ring (bicyclic) bond motifs is 1. The van der Waals surface area contributed by atoms with Gasteiger partial charge in [0.15, 0.2) is 5.65 Å². The average molecular weight is 420 g/mol. The first-order valence-corrected chi connectivity index (χ1v) is 8.79. The number of benzene rings is 1. The molecular weight excluding hydrogens is 402 g/mol. The number of hydrogen-bond donors (Lipinski definition) is 1. The van der Waals surface area contributed by atoms with E-state index in [4.69, 9.17) is 4.74 Å². The van der Waals surface area contributed by atoms with Crippen LogP contribution in [0.25, 0.3) is 11.0 Å². The quantitative estimate of drug-likeness (QED) is 0.620. The molecule has 0 aliphatic rings. The van der Waals surface area contributed by atoms with Crippen molar-refractivity contribution in [2.24, 2.45) is 0 Å². The number of rotatable bonds is 7. The van der Waals surface area contributed by atoms with Crippen LogP contribution in [0, 0.1) is 0 Å². The standard InChI is InChI=1S/C17H18BrN5O3/c1-26-10-15(24)19-6-7-23-16-14(8-21-23)17(25)22(11-20-16)9-12-2-4-13(18)5-3-12/h2-5,8,11H,6-7,9-10H2,1H3,(H,19,24). The third-order valence-corrected chi connectivity index (χ3v) is 4.34. The van der Waals surface area contributed by atoms with Crippen LogP contribution in [0.2, 0.25) is 0 Å². The molecule has 1 N–H and O–H groups in total. The zero-order valence-corrected chi connectivity index (χ0v) is 15.8. The Labute approximate surface area is 157 Å². The third kappa shape index (κ3) is 4.17. The SMILES string of the molecule is COCC(=O)NCCn1ncc2c(=O)n(Cc3ccc(Br)cc3)cnc21. The molecule has 0 aliphatic carbocycles. The van der Waals surface area contributed by atoms with Crippen molar-refractivity contribution in [1.82, 2.24) is 24.6 Å². The highest BCUT2D eigenvalue weighted by Gasteiger charge is 2.10. The summed E-state index contributed by atoms with van der Waals surface area (Å²) in [7, 11) is 1.46. The second kappa shape index (κ2) is 8.24. The molecule has 3 rings (SSSR count). The highest BCUT2D eigenvalue weighted by molar-refractivity contribution is 9.10. The van der Waals surface area contributed by atoms with Crippen molar-refractivity contribution >= 4 is 32.9 Å². The van der Waals surface area contributed by atoms with Gasteiger partial charge in [-0.3, -0.25) is 14.2 Å². The Kier molecular flexibility index (Phi) is 5.79. The molecule has 0 spiro atoms. The maximum atomic E-state index is 12.7. The number of aromatic nitrogens is 4. The summed E-state index contributed by atoms with van der Waals surface area (Å²) in [5, 5.41) is 7.37. The topological polar surface area (TPSA) is 91.0 Å². The van der Waals surface area contributed by atoms with E-state index in [1.807, 2.05) is 24.3 Å². The van der Waals surface area contributed by atoms with Gasteiger partial charge < -0.3 is 10.1 Å². The molecule has 9 heteroatoms. The molecule has 8 nitrogen and oxygen atoms in total. The molecule has 0 unspecified atom stereocenters. The van der Waals surface area contributed by atoms with E-state index in [2.05, 4.69) is 31.3 Å². The highest BCUT2D eigenvalue weighted by Crippen LogP contribution is 2.11. The highest BCUT2D eigenvalue weighted by atomic mass is 79.9. The number of halogens is 1.